The van der Waals surface area contributed by atoms with Crippen LogP contribution in [0.15, 0.2) is 5.38 Å². The maximum Gasteiger partial charge on any atom is 0.255 e. The van der Waals surface area contributed by atoms with Crippen molar-refractivity contribution in [1.29, 1.82) is 0 Å². The Bertz CT molecular complexity index is 489. The number of aliphatic hydroxyl groups is 2. The summed E-state index contributed by atoms with van der Waals surface area (Å²) in [5.74, 6) is 0.659. The summed E-state index contributed by atoms with van der Waals surface area (Å²) in [5.41, 5.74) is 1.98. The van der Waals surface area contributed by atoms with Crippen LogP contribution in [0.2, 0.25) is 0 Å². The number of aliphatic hydroxyl groups excluding tert-OH is 2. The van der Waals surface area contributed by atoms with Crippen molar-refractivity contribution in [2.45, 2.75) is 38.4 Å². The average Bonchev–Trinajstić information content (AvgIpc) is 2.93. The summed E-state index contributed by atoms with van der Waals surface area (Å²) in [7, 11) is 0. The predicted octanol–water partition coefficient (Wildman–Crippen LogP) is 1.05. The number of carbonyl (C=O) groups is 1. The lowest BCUT2D eigenvalue weighted by Gasteiger charge is -2.20. The van der Waals surface area contributed by atoms with Crippen molar-refractivity contribution in [3.8, 4) is 0 Å². The molecule has 1 unspecified atom stereocenters. The smallest absolute Gasteiger partial charge is 0.255 e. The lowest BCUT2D eigenvalue weighted by Crippen LogP contribution is -2.30. The van der Waals surface area contributed by atoms with Crippen molar-refractivity contribution in [2.75, 3.05) is 13.1 Å². The van der Waals surface area contributed by atoms with Crippen LogP contribution in [0.5, 0.6) is 0 Å². The highest BCUT2D eigenvalue weighted by Gasteiger charge is 2.34. The van der Waals surface area contributed by atoms with E-state index in [1.807, 2.05) is 5.38 Å². The zero-order chi connectivity index (χ0) is 13.6. The molecule has 0 spiro atoms. The van der Waals surface area contributed by atoms with Gasteiger partial charge in [0.1, 0.15) is 0 Å². The summed E-state index contributed by atoms with van der Waals surface area (Å²) < 4.78 is 0. The lowest BCUT2D eigenvalue weighted by molar-refractivity contribution is 0.0572. The zero-order valence-electron chi connectivity index (χ0n) is 11.0. The minimum Gasteiger partial charge on any atom is -0.388 e. The fourth-order valence-corrected chi connectivity index (χ4v) is 4.20. The first-order chi connectivity index (χ1) is 9.06. The molecule has 0 bridgehead atoms. The molecular formula is C14H19NO3S. The first-order valence-electron chi connectivity index (χ1n) is 6.81. The van der Waals surface area contributed by atoms with Gasteiger partial charge in [0.2, 0.25) is 0 Å². The van der Waals surface area contributed by atoms with Crippen LogP contribution in [0.3, 0.4) is 0 Å². The zero-order valence-corrected chi connectivity index (χ0v) is 11.8. The molecule has 2 aliphatic rings. The van der Waals surface area contributed by atoms with E-state index in [1.54, 1.807) is 16.2 Å². The second-order valence-electron chi connectivity index (χ2n) is 5.74. The highest BCUT2D eigenvalue weighted by molar-refractivity contribution is 7.10. The number of nitrogens with zero attached hydrogens (tertiary/aromatic N) is 1. The lowest BCUT2D eigenvalue weighted by atomic mass is 9.88. The van der Waals surface area contributed by atoms with Gasteiger partial charge in [-0.15, -0.1) is 11.3 Å². The van der Waals surface area contributed by atoms with E-state index in [1.165, 1.54) is 10.4 Å². The van der Waals surface area contributed by atoms with Crippen molar-refractivity contribution in [1.82, 2.24) is 4.90 Å². The van der Waals surface area contributed by atoms with Gasteiger partial charge in [0.25, 0.3) is 5.91 Å². The highest BCUT2D eigenvalue weighted by Crippen LogP contribution is 2.33. The first kappa shape index (κ1) is 13.1. The van der Waals surface area contributed by atoms with Gasteiger partial charge in [0.15, 0.2) is 0 Å². The first-order valence-corrected chi connectivity index (χ1v) is 7.69. The average molecular weight is 281 g/mol. The quantitative estimate of drug-likeness (QED) is 0.809. The molecule has 3 atom stereocenters. The number of hydrogen-bond acceptors (Lipinski definition) is 4. The number of rotatable bonds is 1. The third-order valence-corrected chi connectivity index (χ3v) is 5.23. The summed E-state index contributed by atoms with van der Waals surface area (Å²) in [4.78, 5) is 15.4. The monoisotopic (exact) mass is 281 g/mol. The molecule has 19 heavy (non-hydrogen) atoms. The van der Waals surface area contributed by atoms with E-state index in [-0.39, 0.29) is 19.0 Å². The summed E-state index contributed by atoms with van der Waals surface area (Å²) in [6.45, 7) is 2.72. The van der Waals surface area contributed by atoms with Crippen LogP contribution in [0, 0.1) is 5.92 Å². The normalized spacial score (nSPS) is 30.5. The van der Waals surface area contributed by atoms with Gasteiger partial charge in [-0.1, -0.05) is 6.92 Å². The summed E-state index contributed by atoms with van der Waals surface area (Å²) in [5, 5.41) is 21.0. The van der Waals surface area contributed by atoms with Crippen molar-refractivity contribution >= 4 is 17.2 Å². The summed E-state index contributed by atoms with van der Waals surface area (Å²) in [6.07, 6.45) is 1.56. The molecule has 2 N–H and O–H groups in total. The van der Waals surface area contributed by atoms with Gasteiger partial charge < -0.3 is 15.1 Å². The Labute approximate surface area is 116 Å². The van der Waals surface area contributed by atoms with Crippen LogP contribution in [-0.4, -0.2) is 46.3 Å². The fourth-order valence-electron chi connectivity index (χ4n) is 2.96. The topological polar surface area (TPSA) is 60.8 Å². The van der Waals surface area contributed by atoms with Crippen LogP contribution in [-0.2, 0) is 12.8 Å². The van der Waals surface area contributed by atoms with Crippen molar-refractivity contribution < 1.29 is 15.0 Å². The van der Waals surface area contributed by atoms with Crippen LogP contribution < -0.4 is 0 Å². The van der Waals surface area contributed by atoms with Gasteiger partial charge in [0, 0.05) is 23.3 Å². The third kappa shape index (κ3) is 2.30. The summed E-state index contributed by atoms with van der Waals surface area (Å²) in [6, 6.07) is 0. The van der Waals surface area contributed by atoms with Gasteiger partial charge in [-0.05, 0) is 30.7 Å². The third-order valence-electron chi connectivity index (χ3n) is 4.18. The molecule has 0 saturated carbocycles. The minimum atomic E-state index is -0.807. The molecule has 5 heteroatoms. The van der Waals surface area contributed by atoms with Crippen molar-refractivity contribution in [3.63, 3.8) is 0 Å². The van der Waals surface area contributed by atoms with Crippen molar-refractivity contribution in [2.24, 2.45) is 5.92 Å². The van der Waals surface area contributed by atoms with Crippen LogP contribution in [0.4, 0.5) is 0 Å². The Morgan fingerprint density at radius 2 is 2.05 bits per heavy atom. The summed E-state index contributed by atoms with van der Waals surface area (Å²) >= 11 is 1.67. The van der Waals surface area contributed by atoms with Gasteiger partial charge in [-0.3, -0.25) is 4.79 Å². The van der Waals surface area contributed by atoms with Gasteiger partial charge in [0.05, 0.1) is 17.8 Å². The molecule has 1 fully saturated rings. The largest absolute Gasteiger partial charge is 0.388 e. The van der Waals surface area contributed by atoms with E-state index in [0.717, 1.165) is 24.8 Å². The number of likely N-dealkylation sites (tertiary alicyclic amines) is 1. The number of amides is 1. The van der Waals surface area contributed by atoms with Crippen LogP contribution in [0.1, 0.15) is 34.1 Å². The molecule has 104 valence electrons. The maximum atomic E-state index is 12.5. The Balaban J connectivity index is 1.82. The molecule has 0 aromatic carbocycles. The standard InChI is InChI=1S/C14H19NO3S/c1-8-2-3-9-10(7-19-13(9)4-8)14(18)15-5-11(16)12(17)6-15/h7-8,11-12,16-17H,2-6H2,1H3/t8?,11-,12+. The Hall–Kier alpha value is -0.910. The molecule has 4 nitrogen and oxygen atoms in total. The maximum absolute atomic E-state index is 12.5. The molecule has 0 radical (unpaired) electrons. The second-order valence-corrected chi connectivity index (χ2v) is 6.71. The number of hydrogen-bond donors (Lipinski definition) is 2. The molecular weight excluding hydrogens is 262 g/mol. The van der Waals surface area contributed by atoms with Crippen LogP contribution in [0.25, 0.3) is 0 Å². The molecule has 1 aliphatic carbocycles. The van der Waals surface area contributed by atoms with Crippen molar-refractivity contribution in [3.05, 3.63) is 21.4 Å². The van der Waals surface area contributed by atoms with E-state index in [0.29, 0.717) is 5.92 Å². The van der Waals surface area contributed by atoms with E-state index in [2.05, 4.69) is 6.92 Å². The minimum absolute atomic E-state index is 0.0392. The Kier molecular flexibility index (Phi) is 3.37. The van der Waals surface area contributed by atoms with Gasteiger partial charge in [-0.2, -0.15) is 0 Å². The SMILES string of the molecule is CC1CCc2c(C(=O)N3C[C@@H](O)[C@@H](O)C3)csc2C1. The van der Waals surface area contributed by atoms with E-state index >= 15 is 0 Å². The second kappa shape index (κ2) is 4.89. The highest BCUT2D eigenvalue weighted by atomic mass is 32.1. The Morgan fingerprint density at radius 3 is 2.74 bits per heavy atom. The Morgan fingerprint density at radius 1 is 1.37 bits per heavy atom. The fraction of sp³-hybridized carbons (Fsp3) is 0.643. The van der Waals surface area contributed by atoms with Gasteiger partial charge >= 0.3 is 0 Å². The van der Waals surface area contributed by atoms with E-state index in [9.17, 15) is 15.0 Å². The van der Waals surface area contributed by atoms with E-state index < -0.39 is 12.2 Å². The number of fused-ring (bicyclic) bond motifs is 1. The molecule has 2 heterocycles. The number of β-amino-alcohol motifs (C(OH)–C–C–N with tert-alkyl or cyclic N) is 2. The number of carbonyl (C=O) groups excluding carboxylic acids is 1. The predicted molar refractivity (Wildman–Crippen MR) is 73.4 cm³/mol. The van der Waals surface area contributed by atoms with Gasteiger partial charge in [-0.25, -0.2) is 0 Å². The molecule has 3 rings (SSSR count). The van der Waals surface area contributed by atoms with Crippen LogP contribution >= 0.6 is 11.3 Å². The van der Waals surface area contributed by atoms with E-state index in [4.69, 9.17) is 0 Å². The number of thiophene rings is 1. The molecule has 1 aromatic heterocycles. The molecule has 1 saturated heterocycles. The molecule has 1 aromatic rings. The molecule has 1 amide bonds. The molecule has 1 aliphatic heterocycles.